The quantitative estimate of drug-likeness (QED) is 0.297. The van der Waals surface area contributed by atoms with Gasteiger partial charge < -0.3 is 20.1 Å². The molecular formula is C14H25IN4O2. The summed E-state index contributed by atoms with van der Waals surface area (Å²) in [6.45, 7) is 4.73. The number of guanidine groups is 1. The Morgan fingerprint density at radius 1 is 1.38 bits per heavy atom. The third-order valence-electron chi connectivity index (χ3n) is 2.62. The molecule has 0 radical (unpaired) electrons. The first-order valence-corrected chi connectivity index (χ1v) is 6.82. The van der Waals surface area contributed by atoms with Crippen molar-refractivity contribution in [3.8, 4) is 5.88 Å². The Morgan fingerprint density at radius 2 is 2.19 bits per heavy atom. The zero-order valence-corrected chi connectivity index (χ0v) is 15.2. The molecule has 0 fully saturated rings. The van der Waals surface area contributed by atoms with Crippen LogP contribution in [-0.4, -0.2) is 44.9 Å². The zero-order chi connectivity index (χ0) is 14.6. The zero-order valence-electron chi connectivity index (χ0n) is 12.9. The number of aliphatic imine (C=N–C) groups is 1. The van der Waals surface area contributed by atoms with E-state index in [1.54, 1.807) is 20.4 Å². The van der Waals surface area contributed by atoms with Gasteiger partial charge in [-0.25, -0.2) is 4.98 Å². The van der Waals surface area contributed by atoms with Gasteiger partial charge in [0.25, 0.3) is 0 Å². The molecule has 0 unspecified atom stereocenters. The second kappa shape index (κ2) is 12.6. The number of ether oxygens (including phenoxy) is 2. The predicted molar refractivity (Wildman–Crippen MR) is 95.5 cm³/mol. The second-order valence-electron chi connectivity index (χ2n) is 4.10. The maximum atomic E-state index is 5.49. The molecule has 0 aliphatic carbocycles. The summed E-state index contributed by atoms with van der Waals surface area (Å²) in [4.78, 5) is 8.39. The lowest BCUT2D eigenvalue weighted by Crippen LogP contribution is -2.37. The lowest BCUT2D eigenvalue weighted by molar-refractivity contribution is 0.195. The summed E-state index contributed by atoms with van der Waals surface area (Å²) >= 11 is 0. The van der Waals surface area contributed by atoms with Gasteiger partial charge in [-0.3, -0.25) is 4.99 Å². The Balaban J connectivity index is 0.00000400. The molecule has 0 amide bonds. The van der Waals surface area contributed by atoms with E-state index < -0.39 is 0 Å². The average Bonchev–Trinajstić information content (AvgIpc) is 2.48. The second-order valence-corrected chi connectivity index (χ2v) is 4.10. The summed E-state index contributed by atoms with van der Waals surface area (Å²) in [5.74, 6) is 1.42. The first-order chi connectivity index (χ1) is 9.81. The predicted octanol–water partition coefficient (Wildman–Crippen LogP) is 1.80. The fraction of sp³-hybridized carbons (Fsp3) is 0.571. The molecule has 1 aromatic rings. The van der Waals surface area contributed by atoms with Crippen LogP contribution >= 0.6 is 24.0 Å². The molecule has 120 valence electrons. The molecule has 1 heterocycles. The number of rotatable bonds is 8. The summed E-state index contributed by atoms with van der Waals surface area (Å²) in [6.07, 6.45) is 2.67. The Kier molecular flexibility index (Phi) is 12.0. The molecule has 21 heavy (non-hydrogen) atoms. The van der Waals surface area contributed by atoms with Crippen LogP contribution in [0.25, 0.3) is 0 Å². The van der Waals surface area contributed by atoms with Crippen molar-refractivity contribution in [1.29, 1.82) is 0 Å². The van der Waals surface area contributed by atoms with Crippen LogP contribution in [0.3, 0.4) is 0 Å². The maximum absolute atomic E-state index is 5.49. The van der Waals surface area contributed by atoms with Gasteiger partial charge in [0.1, 0.15) is 0 Å². The molecule has 2 N–H and O–H groups in total. The monoisotopic (exact) mass is 408 g/mol. The number of hydrogen-bond donors (Lipinski definition) is 2. The minimum absolute atomic E-state index is 0. The molecule has 0 saturated heterocycles. The molecule has 0 bridgehead atoms. The van der Waals surface area contributed by atoms with Crippen LogP contribution in [0.15, 0.2) is 23.3 Å². The number of pyridine rings is 1. The summed E-state index contributed by atoms with van der Waals surface area (Å²) in [5, 5.41) is 6.46. The van der Waals surface area contributed by atoms with Crippen molar-refractivity contribution in [2.75, 3.05) is 33.9 Å². The first kappa shape index (κ1) is 19.9. The van der Waals surface area contributed by atoms with E-state index in [2.05, 4.69) is 20.6 Å². The van der Waals surface area contributed by atoms with Crippen molar-refractivity contribution in [2.24, 2.45) is 4.99 Å². The van der Waals surface area contributed by atoms with Crippen molar-refractivity contribution < 1.29 is 9.47 Å². The van der Waals surface area contributed by atoms with Gasteiger partial charge in [0.05, 0.1) is 6.61 Å². The van der Waals surface area contributed by atoms with Crippen molar-refractivity contribution in [3.63, 3.8) is 0 Å². The van der Waals surface area contributed by atoms with Crippen molar-refractivity contribution >= 4 is 29.9 Å². The van der Waals surface area contributed by atoms with Crippen LogP contribution in [0, 0.1) is 0 Å². The van der Waals surface area contributed by atoms with Crippen molar-refractivity contribution in [2.45, 2.75) is 19.9 Å². The molecule has 0 atom stereocenters. The Labute approximate surface area is 143 Å². The smallest absolute Gasteiger partial charge is 0.218 e. The van der Waals surface area contributed by atoms with Gasteiger partial charge in [-0.05, 0) is 19.4 Å². The van der Waals surface area contributed by atoms with Gasteiger partial charge in [0, 0.05) is 45.6 Å². The third-order valence-corrected chi connectivity index (χ3v) is 2.62. The highest BCUT2D eigenvalue weighted by Gasteiger charge is 2.05. The van der Waals surface area contributed by atoms with Gasteiger partial charge in [0.15, 0.2) is 5.96 Å². The van der Waals surface area contributed by atoms with E-state index in [4.69, 9.17) is 9.47 Å². The van der Waals surface area contributed by atoms with Crippen LogP contribution in [0.4, 0.5) is 0 Å². The van der Waals surface area contributed by atoms with Crippen LogP contribution in [-0.2, 0) is 11.3 Å². The summed E-state index contributed by atoms with van der Waals surface area (Å²) < 4.78 is 10.5. The number of halogens is 1. The van der Waals surface area contributed by atoms with E-state index >= 15 is 0 Å². The van der Waals surface area contributed by atoms with E-state index in [9.17, 15) is 0 Å². The lowest BCUT2D eigenvalue weighted by atomic mass is 10.2. The third kappa shape index (κ3) is 8.05. The number of aromatic nitrogens is 1. The Hall–Kier alpha value is -1.09. The van der Waals surface area contributed by atoms with Gasteiger partial charge in [-0.15, -0.1) is 24.0 Å². The van der Waals surface area contributed by atoms with E-state index in [0.717, 1.165) is 31.1 Å². The number of hydrogen-bond acceptors (Lipinski definition) is 4. The fourth-order valence-corrected chi connectivity index (χ4v) is 1.65. The largest absolute Gasteiger partial charge is 0.478 e. The summed E-state index contributed by atoms with van der Waals surface area (Å²) in [7, 11) is 3.45. The molecule has 0 aliphatic heterocycles. The van der Waals surface area contributed by atoms with E-state index in [1.807, 2.05) is 19.1 Å². The topological polar surface area (TPSA) is 67.8 Å². The SMILES string of the molecule is CCOc1ncccc1CNC(=NC)NCCCOC.I. The van der Waals surface area contributed by atoms with Crippen molar-refractivity contribution in [3.05, 3.63) is 23.9 Å². The summed E-state index contributed by atoms with van der Waals surface area (Å²) in [5.41, 5.74) is 1.01. The molecule has 7 heteroatoms. The van der Waals surface area contributed by atoms with E-state index in [-0.39, 0.29) is 24.0 Å². The van der Waals surface area contributed by atoms with Gasteiger partial charge in [-0.2, -0.15) is 0 Å². The van der Waals surface area contributed by atoms with E-state index in [0.29, 0.717) is 19.0 Å². The van der Waals surface area contributed by atoms with Crippen LogP contribution < -0.4 is 15.4 Å². The molecule has 1 rings (SSSR count). The fourth-order valence-electron chi connectivity index (χ4n) is 1.65. The molecule has 1 aromatic heterocycles. The normalized spacial score (nSPS) is 10.7. The molecule has 6 nitrogen and oxygen atoms in total. The van der Waals surface area contributed by atoms with E-state index in [1.165, 1.54) is 0 Å². The Bertz CT molecular complexity index is 416. The molecular weight excluding hydrogens is 383 g/mol. The van der Waals surface area contributed by atoms with Gasteiger partial charge in [0.2, 0.25) is 5.88 Å². The standard InChI is InChI=1S/C14H24N4O2.HI/c1-4-20-13-12(7-5-8-16-13)11-18-14(15-2)17-9-6-10-19-3;/h5,7-8H,4,6,9-11H2,1-3H3,(H2,15,17,18);1H. The number of nitrogens with one attached hydrogen (secondary N) is 2. The number of nitrogens with zero attached hydrogens (tertiary/aromatic N) is 2. The highest BCUT2D eigenvalue weighted by Crippen LogP contribution is 2.13. The minimum atomic E-state index is 0. The lowest BCUT2D eigenvalue weighted by Gasteiger charge is -2.13. The van der Waals surface area contributed by atoms with Crippen LogP contribution in [0.5, 0.6) is 5.88 Å². The molecule has 0 aliphatic rings. The van der Waals surface area contributed by atoms with Crippen molar-refractivity contribution in [1.82, 2.24) is 15.6 Å². The molecule has 0 saturated carbocycles. The van der Waals surface area contributed by atoms with Gasteiger partial charge in [-0.1, -0.05) is 6.07 Å². The van der Waals surface area contributed by atoms with Crippen LogP contribution in [0.2, 0.25) is 0 Å². The average molecular weight is 408 g/mol. The molecule has 0 spiro atoms. The Morgan fingerprint density at radius 3 is 2.86 bits per heavy atom. The molecule has 0 aromatic carbocycles. The summed E-state index contributed by atoms with van der Waals surface area (Å²) in [6, 6.07) is 3.89. The first-order valence-electron chi connectivity index (χ1n) is 6.82. The van der Waals surface area contributed by atoms with Gasteiger partial charge >= 0.3 is 0 Å². The van der Waals surface area contributed by atoms with Crippen LogP contribution in [0.1, 0.15) is 18.9 Å². The highest BCUT2D eigenvalue weighted by molar-refractivity contribution is 14.0. The number of methoxy groups -OCH3 is 1. The minimum Gasteiger partial charge on any atom is -0.478 e. The maximum Gasteiger partial charge on any atom is 0.218 e. The highest BCUT2D eigenvalue weighted by atomic mass is 127.